The average Bonchev–Trinajstić information content (AvgIpc) is 2.83. The van der Waals surface area contributed by atoms with Crippen molar-refractivity contribution in [2.24, 2.45) is 5.10 Å². The molecule has 0 saturated carbocycles. The van der Waals surface area contributed by atoms with E-state index >= 15 is 0 Å². The van der Waals surface area contributed by atoms with Crippen molar-refractivity contribution >= 4 is 23.3 Å². The van der Waals surface area contributed by atoms with E-state index in [0.717, 1.165) is 43.1 Å². The van der Waals surface area contributed by atoms with Crippen LogP contribution in [0.5, 0.6) is 5.75 Å². The second kappa shape index (κ2) is 15.9. The highest BCUT2D eigenvalue weighted by Gasteiger charge is 2.08. The molecule has 0 amide bonds. The van der Waals surface area contributed by atoms with Crippen molar-refractivity contribution in [2.75, 3.05) is 29.1 Å². The Hall–Kier alpha value is -2.89. The Morgan fingerprint density at radius 1 is 0.853 bits per heavy atom. The Bertz CT molecular complexity index is 846. The molecule has 0 unspecified atom stereocenters. The highest BCUT2D eigenvalue weighted by atomic mass is 16.8. The molecule has 10 nitrogen and oxygen atoms in total. The minimum atomic E-state index is -0.631. The van der Waals surface area contributed by atoms with Crippen LogP contribution in [0.25, 0.3) is 0 Å². The molecule has 2 rings (SSSR count). The van der Waals surface area contributed by atoms with Crippen LogP contribution in [0, 0.1) is 10.4 Å². The van der Waals surface area contributed by atoms with Gasteiger partial charge in [-0.2, -0.15) is 5.10 Å². The Kier molecular flexibility index (Phi) is 12.8. The lowest BCUT2D eigenvalue weighted by atomic mass is 10.1. The molecule has 0 aliphatic heterocycles. The highest BCUT2D eigenvalue weighted by molar-refractivity contribution is 5.81. The molecule has 0 fully saturated rings. The maximum absolute atomic E-state index is 10.8. The van der Waals surface area contributed by atoms with Crippen molar-refractivity contribution in [1.29, 1.82) is 0 Å². The smallest absolute Gasteiger partial charge is 0.121 e. The zero-order valence-electron chi connectivity index (χ0n) is 19.3. The number of aliphatic hydroxyl groups is 1. The van der Waals surface area contributed by atoms with Gasteiger partial charge in [-0.15, -0.1) is 5.23 Å². The van der Waals surface area contributed by atoms with Gasteiger partial charge in [0, 0.05) is 12.3 Å². The third-order valence-electron chi connectivity index (χ3n) is 5.26. The molecule has 0 bridgehead atoms. The summed E-state index contributed by atoms with van der Waals surface area (Å²) < 4.78 is 5.78. The zero-order valence-corrected chi connectivity index (χ0v) is 19.3. The van der Waals surface area contributed by atoms with Crippen LogP contribution in [0.1, 0.15) is 63.4 Å². The van der Waals surface area contributed by atoms with Crippen molar-refractivity contribution in [3.05, 3.63) is 58.4 Å². The number of hydrogen-bond acceptors (Lipinski definition) is 10. The molecule has 0 radical (unpaired) electrons. The summed E-state index contributed by atoms with van der Waals surface area (Å²) in [6, 6.07) is 11.0. The summed E-state index contributed by atoms with van der Waals surface area (Å²) in [5.74, 6) is 0.780. The first-order chi connectivity index (χ1) is 16.5. The van der Waals surface area contributed by atoms with E-state index in [0.29, 0.717) is 13.2 Å². The van der Waals surface area contributed by atoms with Gasteiger partial charge in [0.1, 0.15) is 11.4 Å². The number of unbranched alkanes of at least 4 members (excludes halogenated alkanes) is 8. The van der Waals surface area contributed by atoms with E-state index in [4.69, 9.17) is 9.84 Å². The van der Waals surface area contributed by atoms with Gasteiger partial charge in [-0.3, -0.25) is 15.8 Å². The lowest BCUT2D eigenvalue weighted by Gasteiger charge is -2.37. The molecule has 188 valence electrons. The molecule has 0 saturated heterocycles. The summed E-state index contributed by atoms with van der Waals surface area (Å²) in [6.45, 7) is 0.974. The Labute approximate surface area is 200 Å². The molecule has 2 aromatic carbocycles. The van der Waals surface area contributed by atoms with Crippen molar-refractivity contribution < 1.29 is 20.3 Å². The van der Waals surface area contributed by atoms with Gasteiger partial charge in [-0.05, 0) is 60.9 Å². The van der Waals surface area contributed by atoms with E-state index < -0.39 is 5.23 Å². The molecule has 0 aliphatic carbocycles. The highest BCUT2D eigenvalue weighted by Crippen LogP contribution is 2.29. The first-order valence-corrected chi connectivity index (χ1v) is 11.6. The van der Waals surface area contributed by atoms with Gasteiger partial charge in [0.05, 0.1) is 18.5 Å². The summed E-state index contributed by atoms with van der Waals surface area (Å²) in [5, 5.41) is 52.2. The monoisotopic (exact) mass is 474 g/mol. The largest absolute Gasteiger partial charge is 0.769 e. The number of hydrogen-bond donors (Lipinski definition) is 4. The number of anilines is 3. The molecule has 4 N–H and O–H groups in total. The van der Waals surface area contributed by atoms with Crippen molar-refractivity contribution in [2.45, 2.75) is 57.8 Å². The van der Waals surface area contributed by atoms with Gasteiger partial charge < -0.3 is 25.5 Å². The van der Waals surface area contributed by atoms with Gasteiger partial charge in [0.25, 0.3) is 0 Å². The Morgan fingerprint density at radius 2 is 1.47 bits per heavy atom. The van der Waals surface area contributed by atoms with Crippen molar-refractivity contribution in [3.63, 3.8) is 0 Å². The normalized spacial score (nSPS) is 11.1. The van der Waals surface area contributed by atoms with E-state index in [1.807, 2.05) is 24.3 Å². The van der Waals surface area contributed by atoms with Gasteiger partial charge in [-0.25, -0.2) is 0 Å². The molecule has 34 heavy (non-hydrogen) atoms. The maximum atomic E-state index is 10.8. The van der Waals surface area contributed by atoms with Crippen LogP contribution in [0.4, 0.5) is 17.1 Å². The summed E-state index contributed by atoms with van der Waals surface area (Å²) in [4.78, 5) is 0. The van der Waals surface area contributed by atoms with Crippen LogP contribution in [-0.2, 0) is 0 Å². The molecule has 2 aromatic rings. The minimum absolute atomic E-state index is 0.188. The standard InChI is InChI=1S/C24H34N4O6/c29-16-8-6-4-2-1-3-5-7-9-17-34-22-13-10-20(11-14-22)19-25-26-23-15-12-21(27(30)31)18-24(23)28(32)33/h10-15,18-19,26,29,32-33H,1-9,16-17H2/q-2/b25-19+. The van der Waals surface area contributed by atoms with Crippen LogP contribution in [0.3, 0.4) is 0 Å². The minimum Gasteiger partial charge on any atom is -0.769 e. The summed E-state index contributed by atoms with van der Waals surface area (Å²) in [5.41, 5.74) is 3.15. The first-order valence-electron chi connectivity index (χ1n) is 11.6. The molecule has 0 aromatic heterocycles. The number of nitrogens with zero attached hydrogens (tertiary/aromatic N) is 3. The average molecular weight is 475 g/mol. The van der Waals surface area contributed by atoms with E-state index in [1.54, 1.807) is 0 Å². The fourth-order valence-electron chi connectivity index (χ4n) is 3.36. The van der Waals surface area contributed by atoms with Crippen molar-refractivity contribution in [1.82, 2.24) is 0 Å². The molecule has 0 aliphatic rings. The third kappa shape index (κ3) is 10.4. The quantitative estimate of drug-likeness (QED) is 0.134. The van der Waals surface area contributed by atoms with Gasteiger partial charge in [0.2, 0.25) is 0 Å². The van der Waals surface area contributed by atoms with Gasteiger partial charge in [0.15, 0.2) is 0 Å². The second-order valence-electron chi connectivity index (χ2n) is 7.94. The second-order valence-corrected chi connectivity index (χ2v) is 7.94. The fourth-order valence-corrected chi connectivity index (χ4v) is 3.36. The maximum Gasteiger partial charge on any atom is 0.121 e. The summed E-state index contributed by atoms with van der Waals surface area (Å²) in [7, 11) is 0. The lowest BCUT2D eigenvalue weighted by molar-refractivity contribution is 0.0295. The molecule has 0 spiro atoms. The van der Waals surface area contributed by atoms with E-state index in [-0.39, 0.29) is 22.3 Å². The van der Waals surface area contributed by atoms with E-state index in [9.17, 15) is 20.8 Å². The molecule has 0 atom stereocenters. The topological polar surface area (TPSA) is 147 Å². The first kappa shape index (κ1) is 27.4. The number of ether oxygens (including phenoxy) is 1. The predicted molar refractivity (Wildman–Crippen MR) is 133 cm³/mol. The van der Waals surface area contributed by atoms with Gasteiger partial charge >= 0.3 is 0 Å². The Morgan fingerprint density at radius 3 is 2.06 bits per heavy atom. The summed E-state index contributed by atoms with van der Waals surface area (Å²) in [6.07, 6.45) is 11.9. The number of aliphatic hydroxyl groups excluding tert-OH is 1. The summed E-state index contributed by atoms with van der Waals surface area (Å²) >= 11 is 0. The van der Waals surface area contributed by atoms with Crippen LogP contribution < -0.4 is 20.6 Å². The SMILES string of the molecule is [O-]N([O-])c1ccc(N/N=C/c2ccc(OCCCCCCCCCCCO)cc2)c(N(O)O)c1. The van der Waals surface area contributed by atoms with Gasteiger partial charge in [-0.1, -0.05) is 44.9 Å². The Balaban J connectivity index is 1.67. The van der Waals surface area contributed by atoms with Crippen molar-refractivity contribution in [3.8, 4) is 5.75 Å². The number of benzene rings is 2. The fraction of sp³-hybridized carbons (Fsp3) is 0.458. The lowest BCUT2D eigenvalue weighted by Crippen LogP contribution is -2.14. The van der Waals surface area contributed by atoms with Crippen LogP contribution in [-0.4, -0.2) is 34.9 Å². The number of rotatable bonds is 17. The van der Waals surface area contributed by atoms with E-state index in [2.05, 4.69) is 10.5 Å². The third-order valence-corrected chi connectivity index (χ3v) is 5.26. The molecular formula is C24H34N4O6-2. The molecular weight excluding hydrogens is 440 g/mol. The molecule has 0 heterocycles. The van der Waals surface area contributed by atoms with Crippen LogP contribution >= 0.6 is 0 Å². The zero-order chi connectivity index (χ0) is 24.6. The van der Waals surface area contributed by atoms with Crippen LogP contribution in [0.2, 0.25) is 0 Å². The predicted octanol–water partition coefficient (Wildman–Crippen LogP) is 5.40. The number of hydrazone groups is 1. The van der Waals surface area contributed by atoms with Crippen LogP contribution in [0.15, 0.2) is 47.6 Å². The van der Waals surface area contributed by atoms with E-state index in [1.165, 1.54) is 50.5 Å². The number of nitrogens with one attached hydrogen (secondary N) is 1. The molecule has 10 heteroatoms.